The van der Waals surface area contributed by atoms with Crippen molar-refractivity contribution in [1.29, 1.82) is 0 Å². The SMILES string of the molecule is O=C(O)c1ccc(O)c(OCc2ccccc2)c1Br. The van der Waals surface area contributed by atoms with Crippen LogP contribution < -0.4 is 4.74 Å². The Morgan fingerprint density at radius 2 is 1.84 bits per heavy atom. The minimum atomic E-state index is -1.09. The molecule has 2 N–H and O–H groups in total. The van der Waals surface area contributed by atoms with E-state index in [4.69, 9.17) is 9.84 Å². The number of aromatic hydroxyl groups is 1. The molecule has 0 saturated heterocycles. The lowest BCUT2D eigenvalue weighted by Crippen LogP contribution is -2.01. The summed E-state index contributed by atoms with van der Waals surface area (Å²) in [6.45, 7) is 0.246. The molecule has 0 atom stereocenters. The van der Waals surface area contributed by atoms with Crippen LogP contribution in [0, 0.1) is 0 Å². The van der Waals surface area contributed by atoms with Crippen LogP contribution in [0.3, 0.4) is 0 Å². The Labute approximate surface area is 118 Å². The number of carboxylic acid groups (broad SMARTS) is 1. The van der Waals surface area contributed by atoms with Crippen LogP contribution in [0.1, 0.15) is 15.9 Å². The van der Waals surface area contributed by atoms with Crippen molar-refractivity contribution >= 4 is 21.9 Å². The van der Waals surface area contributed by atoms with Crippen LogP contribution in [0.5, 0.6) is 11.5 Å². The van der Waals surface area contributed by atoms with Gasteiger partial charge in [0, 0.05) is 0 Å². The van der Waals surface area contributed by atoms with Crippen molar-refractivity contribution in [2.75, 3.05) is 0 Å². The summed E-state index contributed by atoms with van der Waals surface area (Å²) in [4.78, 5) is 11.0. The van der Waals surface area contributed by atoms with E-state index >= 15 is 0 Å². The number of hydrogen-bond acceptors (Lipinski definition) is 3. The third-order valence-electron chi connectivity index (χ3n) is 2.53. The second kappa shape index (κ2) is 5.75. The summed E-state index contributed by atoms with van der Waals surface area (Å²) in [7, 11) is 0. The number of phenols is 1. The molecule has 0 amide bonds. The van der Waals surface area contributed by atoms with E-state index in [2.05, 4.69) is 15.9 Å². The Balaban J connectivity index is 2.25. The van der Waals surface area contributed by atoms with Crippen molar-refractivity contribution in [2.24, 2.45) is 0 Å². The number of carboxylic acids is 1. The molecule has 0 unspecified atom stereocenters. The van der Waals surface area contributed by atoms with Gasteiger partial charge in [-0.05, 0) is 33.6 Å². The Bertz CT molecular complexity index is 596. The molecule has 0 aliphatic rings. The molecule has 2 rings (SSSR count). The average Bonchev–Trinajstić information content (AvgIpc) is 2.39. The van der Waals surface area contributed by atoms with Crippen molar-refractivity contribution in [2.45, 2.75) is 6.61 Å². The minimum absolute atomic E-state index is 0.0425. The van der Waals surface area contributed by atoms with Gasteiger partial charge in [-0.1, -0.05) is 30.3 Å². The lowest BCUT2D eigenvalue weighted by atomic mass is 10.2. The maximum absolute atomic E-state index is 11.0. The van der Waals surface area contributed by atoms with Crippen molar-refractivity contribution in [3.63, 3.8) is 0 Å². The number of rotatable bonds is 4. The quantitative estimate of drug-likeness (QED) is 0.905. The minimum Gasteiger partial charge on any atom is -0.504 e. The van der Waals surface area contributed by atoms with Gasteiger partial charge in [0.2, 0.25) is 0 Å². The van der Waals surface area contributed by atoms with E-state index in [-0.39, 0.29) is 28.1 Å². The first-order valence-corrected chi connectivity index (χ1v) is 6.30. The summed E-state index contributed by atoms with van der Waals surface area (Å²) in [5.74, 6) is -1.06. The molecule has 0 saturated carbocycles. The van der Waals surface area contributed by atoms with Gasteiger partial charge < -0.3 is 14.9 Å². The topological polar surface area (TPSA) is 66.8 Å². The first kappa shape index (κ1) is 13.4. The zero-order valence-electron chi connectivity index (χ0n) is 9.84. The van der Waals surface area contributed by atoms with Gasteiger partial charge in [0.25, 0.3) is 0 Å². The first-order valence-electron chi connectivity index (χ1n) is 5.51. The standard InChI is InChI=1S/C14H11BrO4/c15-12-10(14(17)18)6-7-11(16)13(12)19-8-9-4-2-1-3-5-9/h1-7,16H,8H2,(H,17,18). The number of benzene rings is 2. The highest BCUT2D eigenvalue weighted by Gasteiger charge is 2.16. The molecule has 0 radical (unpaired) electrons. The molecule has 0 fully saturated rings. The lowest BCUT2D eigenvalue weighted by Gasteiger charge is -2.11. The van der Waals surface area contributed by atoms with Crippen LogP contribution in [-0.4, -0.2) is 16.2 Å². The summed E-state index contributed by atoms with van der Waals surface area (Å²) in [5.41, 5.74) is 0.968. The van der Waals surface area contributed by atoms with Gasteiger partial charge >= 0.3 is 5.97 Å². The van der Waals surface area contributed by atoms with Gasteiger partial charge in [0.05, 0.1) is 10.0 Å². The second-order valence-electron chi connectivity index (χ2n) is 3.85. The highest BCUT2D eigenvalue weighted by Crippen LogP contribution is 2.37. The molecule has 0 aliphatic carbocycles. The molecule has 2 aromatic rings. The number of phenolic OH excluding ortho intramolecular Hbond substituents is 1. The monoisotopic (exact) mass is 322 g/mol. The van der Waals surface area contributed by atoms with Crippen LogP contribution in [0.15, 0.2) is 46.9 Å². The molecule has 0 aliphatic heterocycles. The number of halogens is 1. The molecule has 19 heavy (non-hydrogen) atoms. The third kappa shape index (κ3) is 3.06. The highest BCUT2D eigenvalue weighted by atomic mass is 79.9. The normalized spacial score (nSPS) is 10.2. The van der Waals surface area contributed by atoms with Gasteiger partial charge in [-0.2, -0.15) is 0 Å². The van der Waals surface area contributed by atoms with E-state index in [0.29, 0.717) is 0 Å². The molecule has 0 heterocycles. The summed E-state index contributed by atoms with van der Waals surface area (Å²) in [5, 5.41) is 18.7. The smallest absolute Gasteiger partial charge is 0.336 e. The van der Waals surface area contributed by atoms with Crippen molar-refractivity contribution in [3.8, 4) is 11.5 Å². The maximum Gasteiger partial charge on any atom is 0.336 e. The fourth-order valence-electron chi connectivity index (χ4n) is 1.58. The van der Waals surface area contributed by atoms with Crippen LogP contribution in [0.4, 0.5) is 0 Å². The van der Waals surface area contributed by atoms with Gasteiger partial charge in [0.1, 0.15) is 6.61 Å². The molecule has 0 bridgehead atoms. The molecule has 5 heteroatoms. The van der Waals surface area contributed by atoms with E-state index in [1.54, 1.807) is 0 Å². The van der Waals surface area contributed by atoms with E-state index in [1.807, 2.05) is 30.3 Å². The van der Waals surface area contributed by atoms with Gasteiger partial charge in [0.15, 0.2) is 11.5 Å². The summed E-state index contributed by atoms with van der Waals surface area (Å²) in [6, 6.07) is 12.0. The van der Waals surface area contributed by atoms with Crippen LogP contribution in [-0.2, 0) is 6.61 Å². The second-order valence-corrected chi connectivity index (χ2v) is 4.65. The molecule has 0 spiro atoms. The Hall–Kier alpha value is -2.01. The van der Waals surface area contributed by atoms with Gasteiger partial charge in [-0.3, -0.25) is 0 Å². The number of carbonyl (C=O) groups is 1. The van der Waals surface area contributed by atoms with E-state index < -0.39 is 5.97 Å². The Morgan fingerprint density at radius 1 is 1.16 bits per heavy atom. The summed E-state index contributed by atoms with van der Waals surface area (Å²) in [6.07, 6.45) is 0. The van der Waals surface area contributed by atoms with Crippen LogP contribution >= 0.6 is 15.9 Å². The Morgan fingerprint density at radius 3 is 2.47 bits per heavy atom. The number of ether oxygens (including phenoxy) is 1. The van der Waals surface area contributed by atoms with Gasteiger partial charge in [-0.15, -0.1) is 0 Å². The fourth-order valence-corrected chi connectivity index (χ4v) is 2.20. The maximum atomic E-state index is 11.0. The van der Waals surface area contributed by atoms with Crippen molar-refractivity contribution < 1.29 is 19.7 Å². The first-order chi connectivity index (χ1) is 9.09. The van der Waals surface area contributed by atoms with E-state index in [0.717, 1.165) is 5.56 Å². The molecule has 0 aromatic heterocycles. The number of aromatic carboxylic acids is 1. The largest absolute Gasteiger partial charge is 0.504 e. The fraction of sp³-hybridized carbons (Fsp3) is 0.0714. The predicted octanol–water partition coefficient (Wildman–Crippen LogP) is 3.43. The van der Waals surface area contributed by atoms with Gasteiger partial charge in [-0.25, -0.2) is 4.79 Å². The van der Waals surface area contributed by atoms with Crippen LogP contribution in [0.2, 0.25) is 0 Å². The highest BCUT2D eigenvalue weighted by molar-refractivity contribution is 9.10. The van der Waals surface area contributed by atoms with E-state index in [1.165, 1.54) is 12.1 Å². The molecular weight excluding hydrogens is 312 g/mol. The summed E-state index contributed by atoms with van der Waals surface area (Å²) < 4.78 is 5.72. The Kier molecular flexibility index (Phi) is 4.06. The zero-order chi connectivity index (χ0) is 13.8. The van der Waals surface area contributed by atoms with Crippen LogP contribution in [0.25, 0.3) is 0 Å². The van der Waals surface area contributed by atoms with Crippen molar-refractivity contribution in [1.82, 2.24) is 0 Å². The third-order valence-corrected chi connectivity index (χ3v) is 3.32. The lowest BCUT2D eigenvalue weighted by molar-refractivity contribution is 0.0695. The molecule has 2 aromatic carbocycles. The molecular formula is C14H11BrO4. The molecule has 98 valence electrons. The number of hydrogen-bond donors (Lipinski definition) is 2. The average molecular weight is 323 g/mol. The summed E-state index contributed by atoms with van der Waals surface area (Å²) >= 11 is 3.14. The predicted molar refractivity (Wildman–Crippen MR) is 73.5 cm³/mol. The zero-order valence-corrected chi connectivity index (χ0v) is 11.4. The van der Waals surface area contributed by atoms with Crippen molar-refractivity contribution in [3.05, 3.63) is 58.1 Å². The molecule has 4 nitrogen and oxygen atoms in total. The van der Waals surface area contributed by atoms with E-state index in [9.17, 15) is 9.90 Å².